The first-order valence-electron chi connectivity index (χ1n) is 10.9. The fourth-order valence-corrected chi connectivity index (χ4v) is 6.44. The van der Waals surface area contributed by atoms with Crippen molar-refractivity contribution in [2.75, 3.05) is 11.1 Å². The smallest absolute Gasteiger partial charge is 0.267 e. The Balaban J connectivity index is 1.55. The van der Waals surface area contributed by atoms with E-state index < -0.39 is 11.6 Å². The maximum Gasteiger partial charge on any atom is 0.267 e. The van der Waals surface area contributed by atoms with Crippen LogP contribution >= 0.6 is 23.1 Å². The zero-order chi connectivity index (χ0) is 23.8. The Labute approximate surface area is 202 Å². The molecule has 34 heavy (non-hydrogen) atoms. The fourth-order valence-electron chi connectivity index (χ4n) is 4.21. The van der Waals surface area contributed by atoms with Crippen LogP contribution in [0.2, 0.25) is 0 Å². The number of hydrogen-bond donors (Lipinski definition) is 1. The van der Waals surface area contributed by atoms with Gasteiger partial charge in [0.2, 0.25) is 5.91 Å². The van der Waals surface area contributed by atoms with E-state index in [1.54, 1.807) is 18.2 Å². The maximum atomic E-state index is 14.8. The number of fused-ring (bicyclic) bond motifs is 3. The molecule has 0 radical (unpaired) electrons. The minimum absolute atomic E-state index is 0.0783. The Morgan fingerprint density at radius 1 is 1.24 bits per heavy atom. The molecule has 1 aliphatic rings. The van der Waals surface area contributed by atoms with Crippen molar-refractivity contribution < 1.29 is 13.6 Å². The third-order valence-corrected chi connectivity index (χ3v) is 7.92. The Morgan fingerprint density at radius 2 is 2.06 bits per heavy atom. The van der Waals surface area contributed by atoms with Crippen molar-refractivity contribution in [1.82, 2.24) is 9.55 Å². The van der Waals surface area contributed by atoms with Crippen LogP contribution in [0.25, 0.3) is 15.9 Å². The number of anilines is 1. The number of hydrogen-bond acceptors (Lipinski definition) is 5. The summed E-state index contributed by atoms with van der Waals surface area (Å²) in [5, 5.41) is 3.42. The number of aryl methyl sites for hydroxylation is 1. The van der Waals surface area contributed by atoms with Crippen LogP contribution in [0, 0.1) is 17.6 Å². The molecule has 0 saturated heterocycles. The van der Waals surface area contributed by atoms with E-state index in [1.807, 2.05) is 0 Å². The molecule has 0 spiro atoms. The zero-order valence-electron chi connectivity index (χ0n) is 18.3. The second-order valence-electron chi connectivity index (χ2n) is 8.37. The van der Waals surface area contributed by atoms with Gasteiger partial charge in [-0.1, -0.05) is 36.9 Å². The number of para-hydroxylation sites is 1. The molecule has 1 amide bonds. The fraction of sp³-hybridized carbons (Fsp3) is 0.240. The van der Waals surface area contributed by atoms with E-state index in [0.717, 1.165) is 41.5 Å². The summed E-state index contributed by atoms with van der Waals surface area (Å²) in [4.78, 5) is 32.7. The lowest BCUT2D eigenvalue weighted by Crippen LogP contribution is -2.24. The van der Waals surface area contributed by atoms with E-state index in [9.17, 15) is 18.4 Å². The zero-order valence-corrected chi connectivity index (χ0v) is 19.9. The number of nitrogens with one attached hydrogen (secondary N) is 1. The molecule has 174 valence electrons. The number of aromatic nitrogens is 2. The first kappa shape index (κ1) is 22.7. The van der Waals surface area contributed by atoms with Gasteiger partial charge < -0.3 is 5.32 Å². The average Bonchev–Trinajstić information content (AvgIpc) is 3.16. The number of rotatable bonds is 5. The lowest BCUT2D eigenvalue weighted by molar-refractivity contribution is -0.113. The predicted octanol–water partition coefficient (Wildman–Crippen LogP) is 5.58. The van der Waals surface area contributed by atoms with Crippen LogP contribution in [-0.2, 0) is 17.6 Å². The summed E-state index contributed by atoms with van der Waals surface area (Å²) in [6.45, 7) is 2.19. The number of nitrogens with zero attached hydrogens (tertiary/aromatic N) is 2. The van der Waals surface area contributed by atoms with E-state index in [-0.39, 0.29) is 28.1 Å². The third-order valence-electron chi connectivity index (χ3n) is 5.83. The molecule has 5 rings (SSSR count). The van der Waals surface area contributed by atoms with Crippen molar-refractivity contribution in [3.63, 3.8) is 0 Å². The molecule has 9 heteroatoms. The maximum absolute atomic E-state index is 14.8. The standard InChI is InChI=1S/C25H21F2N3O2S2/c1-14-9-10-17-20(11-14)34-23-22(17)24(32)30(19-8-3-2-7-18(19)27)25(29-23)33-13-21(31)28-16-6-4-5-15(26)12-16/h2-8,12,14H,9-11,13H2,1H3,(H,28,31). The molecule has 0 bridgehead atoms. The van der Waals surface area contributed by atoms with Gasteiger partial charge >= 0.3 is 0 Å². The number of thiophene rings is 1. The quantitative estimate of drug-likeness (QED) is 0.289. The summed E-state index contributed by atoms with van der Waals surface area (Å²) < 4.78 is 29.5. The van der Waals surface area contributed by atoms with Crippen LogP contribution in [0.15, 0.2) is 58.5 Å². The van der Waals surface area contributed by atoms with Gasteiger partial charge in [-0.2, -0.15) is 0 Å². The molecule has 4 aromatic rings. The van der Waals surface area contributed by atoms with Gasteiger partial charge in [0, 0.05) is 10.6 Å². The van der Waals surface area contributed by atoms with Crippen LogP contribution in [0.5, 0.6) is 0 Å². The first-order chi connectivity index (χ1) is 16.4. The lowest BCUT2D eigenvalue weighted by atomic mass is 9.89. The summed E-state index contributed by atoms with van der Waals surface area (Å²) in [6, 6.07) is 11.6. The van der Waals surface area contributed by atoms with Gasteiger partial charge in [0.1, 0.15) is 16.5 Å². The molecular formula is C25H21F2N3O2S2. The number of amides is 1. The van der Waals surface area contributed by atoms with Gasteiger partial charge in [-0.15, -0.1) is 11.3 Å². The van der Waals surface area contributed by atoms with Gasteiger partial charge in [-0.3, -0.25) is 14.2 Å². The van der Waals surface area contributed by atoms with Crippen molar-refractivity contribution >= 4 is 44.9 Å². The Hall–Kier alpha value is -3.04. The number of thioether (sulfide) groups is 1. The van der Waals surface area contributed by atoms with Crippen LogP contribution in [0.3, 0.4) is 0 Å². The Kier molecular flexibility index (Phi) is 6.22. The highest BCUT2D eigenvalue weighted by Crippen LogP contribution is 2.37. The number of halogens is 2. The molecule has 2 heterocycles. The Bertz CT molecular complexity index is 1460. The predicted molar refractivity (Wildman–Crippen MR) is 132 cm³/mol. The molecule has 1 unspecified atom stereocenters. The van der Waals surface area contributed by atoms with E-state index in [2.05, 4.69) is 12.2 Å². The molecule has 2 aromatic heterocycles. The largest absolute Gasteiger partial charge is 0.325 e. The highest BCUT2D eigenvalue weighted by atomic mass is 32.2. The highest BCUT2D eigenvalue weighted by Gasteiger charge is 2.26. The van der Waals surface area contributed by atoms with Crippen LogP contribution < -0.4 is 10.9 Å². The second kappa shape index (κ2) is 9.31. The van der Waals surface area contributed by atoms with Gasteiger partial charge in [0.05, 0.1) is 16.8 Å². The van der Waals surface area contributed by atoms with Crippen molar-refractivity contribution in [1.29, 1.82) is 0 Å². The summed E-state index contributed by atoms with van der Waals surface area (Å²) in [7, 11) is 0. The molecule has 0 aliphatic heterocycles. The summed E-state index contributed by atoms with van der Waals surface area (Å²) in [5.41, 5.74) is 1.12. The summed E-state index contributed by atoms with van der Waals surface area (Å²) in [6.07, 6.45) is 2.69. The SMILES string of the molecule is CC1CCc2c(sc3nc(SCC(=O)Nc4cccc(F)c4)n(-c4ccccc4F)c(=O)c23)C1. The van der Waals surface area contributed by atoms with Crippen LogP contribution in [0.4, 0.5) is 14.5 Å². The topological polar surface area (TPSA) is 64.0 Å². The van der Waals surface area contributed by atoms with E-state index >= 15 is 0 Å². The van der Waals surface area contributed by atoms with Crippen LogP contribution in [-0.4, -0.2) is 21.2 Å². The summed E-state index contributed by atoms with van der Waals surface area (Å²) >= 11 is 2.55. The van der Waals surface area contributed by atoms with Gasteiger partial charge in [0.15, 0.2) is 5.16 Å². The normalized spacial score (nSPS) is 15.3. The molecule has 1 aliphatic carbocycles. The Morgan fingerprint density at radius 3 is 2.85 bits per heavy atom. The second-order valence-corrected chi connectivity index (χ2v) is 10.4. The van der Waals surface area contributed by atoms with Gasteiger partial charge in [-0.25, -0.2) is 13.8 Å². The average molecular weight is 498 g/mol. The number of carbonyl (C=O) groups is 1. The van der Waals surface area contributed by atoms with Crippen molar-refractivity contribution in [3.8, 4) is 5.69 Å². The minimum atomic E-state index is -0.547. The third kappa shape index (κ3) is 4.37. The van der Waals surface area contributed by atoms with E-state index in [0.29, 0.717) is 21.8 Å². The van der Waals surface area contributed by atoms with Crippen molar-refractivity contribution in [3.05, 3.63) is 81.0 Å². The van der Waals surface area contributed by atoms with Crippen molar-refractivity contribution in [2.45, 2.75) is 31.3 Å². The van der Waals surface area contributed by atoms with E-state index in [1.165, 1.54) is 46.2 Å². The van der Waals surface area contributed by atoms with Gasteiger partial charge in [-0.05, 0) is 61.1 Å². The molecule has 5 nitrogen and oxygen atoms in total. The minimum Gasteiger partial charge on any atom is -0.325 e. The number of benzene rings is 2. The number of carbonyl (C=O) groups excluding carboxylic acids is 1. The molecule has 1 atom stereocenters. The van der Waals surface area contributed by atoms with Crippen molar-refractivity contribution in [2.24, 2.45) is 5.92 Å². The molecule has 0 fully saturated rings. The highest BCUT2D eigenvalue weighted by molar-refractivity contribution is 7.99. The first-order valence-corrected chi connectivity index (χ1v) is 12.7. The summed E-state index contributed by atoms with van der Waals surface area (Å²) in [5.74, 6) is -0.930. The molecule has 1 N–H and O–H groups in total. The van der Waals surface area contributed by atoms with Gasteiger partial charge in [0.25, 0.3) is 5.56 Å². The molecule has 0 saturated carbocycles. The van der Waals surface area contributed by atoms with E-state index in [4.69, 9.17) is 4.98 Å². The molecule has 2 aromatic carbocycles. The monoisotopic (exact) mass is 497 g/mol. The van der Waals surface area contributed by atoms with Crippen LogP contribution in [0.1, 0.15) is 23.8 Å². The molecular weight excluding hydrogens is 476 g/mol. The lowest BCUT2D eigenvalue weighted by Gasteiger charge is -2.18.